The minimum absolute atomic E-state index is 0.142. The second-order valence-corrected chi connectivity index (χ2v) is 5.56. The quantitative estimate of drug-likeness (QED) is 0.541. The minimum atomic E-state index is -0.922. The molecule has 0 amide bonds. The first-order valence-electron chi connectivity index (χ1n) is 7.46. The molecule has 0 aliphatic carbocycles. The van der Waals surface area contributed by atoms with E-state index in [4.69, 9.17) is 10.2 Å². The highest BCUT2D eigenvalue weighted by Crippen LogP contribution is 2.36. The van der Waals surface area contributed by atoms with Crippen LogP contribution in [0.15, 0.2) is 0 Å². The van der Waals surface area contributed by atoms with E-state index in [1.807, 2.05) is 0 Å². The number of aliphatic hydroxyl groups is 2. The molecule has 0 aliphatic rings. The fourth-order valence-electron chi connectivity index (χ4n) is 2.75. The Kier molecular flexibility index (Phi) is 9.02. The summed E-state index contributed by atoms with van der Waals surface area (Å²) >= 11 is 0. The van der Waals surface area contributed by atoms with Gasteiger partial charge in [0.1, 0.15) is 0 Å². The molecule has 3 N–H and O–H groups in total. The van der Waals surface area contributed by atoms with E-state index in [9.17, 15) is 9.90 Å². The second-order valence-electron chi connectivity index (χ2n) is 5.56. The first kappa shape index (κ1) is 18.4. The molecule has 0 fully saturated rings. The number of carboxylic acids is 1. The van der Waals surface area contributed by atoms with Gasteiger partial charge in [-0.05, 0) is 24.7 Å². The molecule has 0 aliphatic heterocycles. The van der Waals surface area contributed by atoms with E-state index in [2.05, 4.69) is 20.8 Å². The molecule has 114 valence electrons. The average Bonchev–Trinajstić information content (AvgIpc) is 2.42. The molecule has 0 bridgehead atoms. The van der Waals surface area contributed by atoms with Crippen molar-refractivity contribution in [1.82, 2.24) is 0 Å². The largest absolute Gasteiger partial charge is 0.481 e. The van der Waals surface area contributed by atoms with Gasteiger partial charge in [0.15, 0.2) is 0 Å². The van der Waals surface area contributed by atoms with E-state index in [-0.39, 0.29) is 13.0 Å². The molecule has 0 saturated carbocycles. The van der Waals surface area contributed by atoms with Crippen molar-refractivity contribution in [2.75, 3.05) is 6.61 Å². The molecule has 0 rings (SSSR count). The van der Waals surface area contributed by atoms with Gasteiger partial charge in [0.25, 0.3) is 0 Å². The van der Waals surface area contributed by atoms with Crippen LogP contribution in [0.3, 0.4) is 0 Å². The number of hydrogen-bond acceptors (Lipinski definition) is 3. The molecule has 0 aromatic rings. The maximum atomic E-state index is 11.1. The minimum Gasteiger partial charge on any atom is -0.481 e. The fourth-order valence-corrected chi connectivity index (χ4v) is 2.75. The van der Waals surface area contributed by atoms with E-state index < -0.39 is 18.0 Å². The van der Waals surface area contributed by atoms with Crippen molar-refractivity contribution in [1.29, 1.82) is 0 Å². The summed E-state index contributed by atoms with van der Waals surface area (Å²) in [5.74, 6) is -1.42. The second kappa shape index (κ2) is 9.32. The zero-order chi connectivity index (χ0) is 14.9. The monoisotopic (exact) mass is 274 g/mol. The van der Waals surface area contributed by atoms with Crippen molar-refractivity contribution in [2.45, 2.75) is 71.8 Å². The molecule has 2 atom stereocenters. The zero-order valence-corrected chi connectivity index (χ0v) is 12.6. The van der Waals surface area contributed by atoms with Crippen molar-refractivity contribution >= 4 is 5.97 Å². The van der Waals surface area contributed by atoms with Gasteiger partial charge < -0.3 is 15.3 Å². The zero-order valence-electron chi connectivity index (χ0n) is 12.6. The summed E-state index contributed by atoms with van der Waals surface area (Å²) in [5.41, 5.74) is 0.332. The Labute approximate surface area is 116 Å². The first-order chi connectivity index (χ1) is 8.94. The summed E-state index contributed by atoms with van der Waals surface area (Å²) in [6, 6.07) is 0. The van der Waals surface area contributed by atoms with Gasteiger partial charge in [-0.2, -0.15) is 0 Å². The van der Waals surface area contributed by atoms with Crippen LogP contribution in [0.1, 0.15) is 65.7 Å². The van der Waals surface area contributed by atoms with Gasteiger partial charge >= 0.3 is 5.97 Å². The molecule has 19 heavy (non-hydrogen) atoms. The lowest BCUT2D eigenvalue weighted by Gasteiger charge is -2.31. The van der Waals surface area contributed by atoms with Gasteiger partial charge in [0.05, 0.1) is 18.6 Å². The predicted molar refractivity (Wildman–Crippen MR) is 76.0 cm³/mol. The van der Waals surface area contributed by atoms with Crippen molar-refractivity contribution < 1.29 is 20.1 Å². The third-order valence-electron chi connectivity index (χ3n) is 4.63. The van der Waals surface area contributed by atoms with Crippen LogP contribution >= 0.6 is 0 Å². The van der Waals surface area contributed by atoms with E-state index in [1.165, 1.54) is 0 Å². The molecule has 4 heteroatoms. The number of carboxylic acid groups (broad SMARTS) is 1. The fraction of sp³-hybridized carbons (Fsp3) is 0.933. The summed E-state index contributed by atoms with van der Waals surface area (Å²) in [4.78, 5) is 11.1. The average molecular weight is 274 g/mol. The van der Waals surface area contributed by atoms with E-state index in [0.717, 1.165) is 32.1 Å². The third kappa shape index (κ3) is 6.39. The molecule has 2 unspecified atom stereocenters. The van der Waals surface area contributed by atoms with E-state index in [1.54, 1.807) is 0 Å². The Hall–Kier alpha value is -0.610. The first-order valence-corrected chi connectivity index (χ1v) is 7.46. The number of aliphatic hydroxyl groups excluding tert-OH is 2. The predicted octanol–water partition coefficient (Wildman–Crippen LogP) is 2.82. The van der Waals surface area contributed by atoms with Gasteiger partial charge in [0.2, 0.25) is 0 Å². The van der Waals surface area contributed by atoms with Gasteiger partial charge in [0, 0.05) is 0 Å². The topological polar surface area (TPSA) is 77.8 Å². The van der Waals surface area contributed by atoms with Crippen LogP contribution in [0.4, 0.5) is 0 Å². The van der Waals surface area contributed by atoms with Crippen molar-refractivity contribution in [3.05, 3.63) is 0 Å². The highest BCUT2D eigenvalue weighted by Gasteiger charge is 2.26. The lowest BCUT2D eigenvalue weighted by atomic mass is 9.75. The molecule has 4 nitrogen and oxygen atoms in total. The normalized spacial score (nSPS) is 15.2. The van der Waals surface area contributed by atoms with Gasteiger partial charge in [-0.25, -0.2) is 0 Å². The number of carbonyl (C=O) groups is 1. The Bertz CT molecular complexity index is 240. The summed E-state index contributed by atoms with van der Waals surface area (Å²) in [7, 11) is 0. The van der Waals surface area contributed by atoms with Crippen molar-refractivity contribution in [3.63, 3.8) is 0 Å². The van der Waals surface area contributed by atoms with E-state index >= 15 is 0 Å². The Balaban J connectivity index is 4.29. The van der Waals surface area contributed by atoms with E-state index in [0.29, 0.717) is 11.8 Å². The number of hydrogen-bond donors (Lipinski definition) is 3. The van der Waals surface area contributed by atoms with Crippen LogP contribution in [0.5, 0.6) is 0 Å². The number of aliphatic carboxylic acids is 1. The van der Waals surface area contributed by atoms with Crippen LogP contribution in [-0.4, -0.2) is 34.0 Å². The molecular formula is C15H30O4. The Morgan fingerprint density at radius 1 is 1.16 bits per heavy atom. The highest BCUT2D eigenvalue weighted by atomic mass is 16.4. The van der Waals surface area contributed by atoms with Crippen molar-refractivity contribution in [3.8, 4) is 0 Å². The van der Waals surface area contributed by atoms with Crippen LogP contribution in [0, 0.1) is 11.3 Å². The molecule has 0 spiro atoms. The third-order valence-corrected chi connectivity index (χ3v) is 4.63. The molecule has 0 heterocycles. The summed E-state index contributed by atoms with van der Waals surface area (Å²) in [6.07, 6.45) is 5.07. The molecule has 0 saturated heterocycles. The number of rotatable bonds is 11. The van der Waals surface area contributed by atoms with Crippen LogP contribution < -0.4 is 0 Å². The molecular weight excluding hydrogens is 244 g/mol. The summed E-state index contributed by atoms with van der Waals surface area (Å²) < 4.78 is 0. The van der Waals surface area contributed by atoms with Gasteiger partial charge in [-0.3, -0.25) is 4.79 Å². The maximum absolute atomic E-state index is 11.1. The smallest absolute Gasteiger partial charge is 0.306 e. The standard InChI is InChI=1S/C15H30O4/c1-4-15(5-2,6-3)9-7-8-12(14(18)19)10-13(17)11-16/h12-13,16-17H,4-11H2,1-3H3,(H,18,19). The Morgan fingerprint density at radius 3 is 2.05 bits per heavy atom. The van der Waals surface area contributed by atoms with Crippen molar-refractivity contribution in [2.24, 2.45) is 11.3 Å². The lowest BCUT2D eigenvalue weighted by molar-refractivity contribution is -0.143. The summed E-state index contributed by atoms with van der Waals surface area (Å²) in [6.45, 7) is 6.21. The van der Waals surface area contributed by atoms with Gasteiger partial charge in [-0.1, -0.05) is 46.5 Å². The van der Waals surface area contributed by atoms with Crippen LogP contribution in [-0.2, 0) is 4.79 Å². The highest BCUT2D eigenvalue weighted by molar-refractivity contribution is 5.69. The molecule has 0 radical (unpaired) electrons. The molecule has 0 aromatic carbocycles. The lowest BCUT2D eigenvalue weighted by Crippen LogP contribution is -2.24. The van der Waals surface area contributed by atoms with Crippen LogP contribution in [0.25, 0.3) is 0 Å². The Morgan fingerprint density at radius 2 is 1.68 bits per heavy atom. The summed E-state index contributed by atoms with van der Waals surface area (Å²) in [5, 5.41) is 27.3. The van der Waals surface area contributed by atoms with Gasteiger partial charge in [-0.15, -0.1) is 0 Å². The maximum Gasteiger partial charge on any atom is 0.306 e. The SMILES string of the molecule is CCC(CC)(CC)CCCC(CC(O)CO)C(=O)O. The molecule has 0 aromatic heterocycles. The van der Waals surface area contributed by atoms with Crippen LogP contribution in [0.2, 0.25) is 0 Å².